The maximum atomic E-state index is 14.2. The molecule has 0 amide bonds. The van der Waals surface area contributed by atoms with Crippen LogP contribution in [0.15, 0.2) is 127 Å². The van der Waals surface area contributed by atoms with Gasteiger partial charge in [-0.25, -0.2) is 17.6 Å². The van der Waals surface area contributed by atoms with Gasteiger partial charge in [-0.15, -0.1) is 0 Å². The summed E-state index contributed by atoms with van der Waals surface area (Å²) in [6.45, 7) is 18.4. The molecule has 6 N–H and O–H groups in total. The van der Waals surface area contributed by atoms with Crippen LogP contribution in [0.2, 0.25) is 0 Å². The quantitative estimate of drug-likeness (QED) is 0.0286. The molecule has 12 rings (SSSR count). The molecule has 0 radical (unpaired) electrons. The molecule has 3 fully saturated rings. The molecule has 0 saturated carbocycles. The molecule has 0 bridgehead atoms. The lowest BCUT2D eigenvalue weighted by atomic mass is 9.84. The molecule has 6 aromatic rings. The van der Waals surface area contributed by atoms with Gasteiger partial charge in [-0.2, -0.15) is 13.2 Å². The van der Waals surface area contributed by atoms with Gasteiger partial charge in [0.1, 0.15) is 49.4 Å². The van der Waals surface area contributed by atoms with E-state index in [1.165, 1.54) is 25.7 Å². The molecule has 6 atom stereocenters. The number of hydrogen-bond acceptors (Lipinski definition) is 14. The summed E-state index contributed by atoms with van der Waals surface area (Å²) in [5.41, 5.74) is 9.38. The van der Waals surface area contributed by atoms with E-state index in [9.17, 15) is 56.3 Å². The number of aliphatic hydroxyl groups is 3. The molecule has 3 saturated heterocycles. The molecule has 0 spiro atoms. The molecular weight excluding hydrogens is 1280 g/mol. The molecule has 21 heteroatoms. The van der Waals surface area contributed by atoms with Crippen molar-refractivity contribution in [3.05, 3.63) is 183 Å². The third-order valence-corrected chi connectivity index (χ3v) is 20.8. The number of halogens is 7. The van der Waals surface area contributed by atoms with Gasteiger partial charge < -0.3 is 40.3 Å². The molecule has 99 heavy (non-hydrogen) atoms. The highest BCUT2D eigenvalue weighted by molar-refractivity contribution is 5.52. The van der Waals surface area contributed by atoms with E-state index in [4.69, 9.17) is 9.47 Å². The molecular formula is C78H102F7N7O7. The molecule has 6 aromatic carbocycles. The Morgan fingerprint density at radius 1 is 0.485 bits per heavy atom. The van der Waals surface area contributed by atoms with Gasteiger partial charge in [0.15, 0.2) is 0 Å². The van der Waals surface area contributed by atoms with E-state index in [0.717, 1.165) is 132 Å². The van der Waals surface area contributed by atoms with E-state index in [1.807, 2.05) is 124 Å². The lowest BCUT2D eigenvalue weighted by Gasteiger charge is -2.43. The van der Waals surface area contributed by atoms with E-state index in [1.54, 1.807) is 39.0 Å². The zero-order valence-corrected chi connectivity index (χ0v) is 58.2. The Morgan fingerprint density at radius 3 is 1.33 bits per heavy atom. The number of alkyl halides is 7. The van der Waals surface area contributed by atoms with Crippen LogP contribution in [0.3, 0.4) is 0 Å². The van der Waals surface area contributed by atoms with Crippen LogP contribution in [0.1, 0.15) is 141 Å². The maximum absolute atomic E-state index is 14.2. The van der Waals surface area contributed by atoms with Crippen molar-refractivity contribution in [1.82, 2.24) is 29.4 Å². The van der Waals surface area contributed by atoms with Gasteiger partial charge in [0, 0.05) is 87.3 Å². The minimum absolute atomic E-state index is 0.0734. The number of nitrogens with one attached hydrogen (secondary N) is 1. The minimum atomic E-state index is -4.27. The number of aliphatic hydroxyl groups excluding tert-OH is 3. The predicted molar refractivity (Wildman–Crippen MR) is 373 cm³/mol. The average molecular weight is 1380 g/mol. The molecule has 14 nitrogen and oxygen atoms in total. The van der Waals surface area contributed by atoms with Crippen molar-refractivity contribution < 1.29 is 65.7 Å². The number of phenols is 2. The number of ether oxygens (including phenoxy) is 2. The predicted octanol–water partition coefficient (Wildman–Crippen LogP) is 13.1. The van der Waals surface area contributed by atoms with Crippen LogP contribution in [-0.2, 0) is 25.9 Å². The van der Waals surface area contributed by atoms with Crippen molar-refractivity contribution >= 4 is 5.69 Å². The van der Waals surface area contributed by atoms with Gasteiger partial charge in [0.25, 0.3) is 11.8 Å². The third kappa shape index (κ3) is 19.2. The van der Waals surface area contributed by atoms with Crippen LogP contribution < -0.4 is 14.8 Å². The first kappa shape index (κ1) is 75.1. The van der Waals surface area contributed by atoms with E-state index < -0.39 is 69.0 Å². The van der Waals surface area contributed by atoms with Crippen molar-refractivity contribution in [1.29, 1.82) is 0 Å². The number of rotatable bonds is 26. The fourth-order valence-corrected chi connectivity index (χ4v) is 15.2. The Balaban J connectivity index is 0.000000161. The summed E-state index contributed by atoms with van der Waals surface area (Å²) < 4.78 is 109. The highest BCUT2D eigenvalue weighted by Crippen LogP contribution is 2.46. The monoisotopic (exact) mass is 1380 g/mol. The lowest BCUT2D eigenvalue weighted by molar-refractivity contribution is -0.155. The molecule has 6 aliphatic heterocycles. The lowest BCUT2D eigenvalue weighted by Crippen LogP contribution is -2.54. The smallest absolute Gasteiger partial charge is 0.401 e. The molecule has 6 heterocycles. The topological polar surface area (TPSA) is 151 Å². The average Bonchev–Trinajstić information content (AvgIpc) is 0.770. The van der Waals surface area contributed by atoms with Crippen LogP contribution in [0.5, 0.6) is 23.0 Å². The number of anilines is 1. The number of fused-ring (bicyclic) bond motifs is 3. The fraction of sp³-hybridized carbons (Fsp3) is 0.538. The summed E-state index contributed by atoms with van der Waals surface area (Å²) in [7, 11) is 0. The summed E-state index contributed by atoms with van der Waals surface area (Å²) in [5.74, 6) is -3.18. The molecule has 0 aliphatic carbocycles. The number of likely N-dealkylation sites (tertiary alicyclic amines) is 3. The highest BCUT2D eigenvalue weighted by Gasteiger charge is 2.45. The second-order valence-electron chi connectivity index (χ2n) is 28.4. The zero-order chi connectivity index (χ0) is 70.8. The number of benzene rings is 6. The second-order valence-corrected chi connectivity index (χ2v) is 28.4. The van der Waals surface area contributed by atoms with Gasteiger partial charge in [-0.1, -0.05) is 119 Å². The highest BCUT2D eigenvalue weighted by atomic mass is 19.4. The van der Waals surface area contributed by atoms with E-state index in [0.29, 0.717) is 49.6 Å². The zero-order valence-electron chi connectivity index (χ0n) is 58.2. The fourth-order valence-electron chi connectivity index (χ4n) is 15.2. The van der Waals surface area contributed by atoms with Crippen LogP contribution in [0, 0.1) is 11.8 Å². The summed E-state index contributed by atoms with van der Waals surface area (Å²) in [5, 5.41) is 52.7. The van der Waals surface area contributed by atoms with Crippen molar-refractivity contribution in [2.75, 3.05) is 110 Å². The molecule has 540 valence electrons. The van der Waals surface area contributed by atoms with Crippen molar-refractivity contribution in [3.63, 3.8) is 0 Å². The van der Waals surface area contributed by atoms with Crippen molar-refractivity contribution in [2.24, 2.45) is 11.8 Å². The Labute approximate surface area is 579 Å². The normalized spacial score (nSPS) is 22.1. The van der Waals surface area contributed by atoms with Gasteiger partial charge in [0.2, 0.25) is 0 Å². The van der Waals surface area contributed by atoms with E-state index in [2.05, 4.69) is 40.8 Å². The number of unbranched alkanes of at least 4 members (excludes halogenated alkanes) is 1. The van der Waals surface area contributed by atoms with Crippen molar-refractivity contribution in [2.45, 2.75) is 153 Å². The number of nitrogens with zero attached hydrogens (tertiary/aromatic N) is 6. The first-order valence-electron chi connectivity index (χ1n) is 35.5. The van der Waals surface area contributed by atoms with Crippen LogP contribution >= 0.6 is 0 Å². The molecule has 6 aliphatic rings. The minimum Gasteiger partial charge on any atom is -0.508 e. The number of aromatic hydroxyl groups is 2. The standard InChI is InChI=1S/C26H34F3N3O.2C26H34F2N2O3/c1-3-4-11-31-14-23(15-31)30-22-8-6-20(7-9-22)25-24-10-5-19(16-33)13-21(24)12-18(2)32(25)17-26(27,28)29;2*1-3-19-14-29(15-19)11-12-33-22-9-7-20(8-10-22)25-24-21(5-4-6-23(24)32)13-18(2)30(25)16-26(27,28)17-31/h5-10,13,18,23,25,30,33H,3-4,11-12,14-17H2,1-2H3;2*4-10,18-19,25,31-32H,3,11-17H2,1-2H3/t18-,25?;2*18-,25-/m010/s1. The van der Waals surface area contributed by atoms with Gasteiger partial charge in [0.05, 0.1) is 50.4 Å². The van der Waals surface area contributed by atoms with E-state index in [-0.39, 0.29) is 36.2 Å². The third-order valence-electron chi connectivity index (χ3n) is 20.8. The van der Waals surface area contributed by atoms with E-state index >= 15 is 0 Å². The van der Waals surface area contributed by atoms with Crippen molar-refractivity contribution in [3.8, 4) is 23.0 Å². The maximum Gasteiger partial charge on any atom is 0.401 e. The summed E-state index contributed by atoms with van der Waals surface area (Å²) in [6, 6.07) is 37.4. The molecule has 1 unspecified atom stereocenters. The Kier molecular flexibility index (Phi) is 25.4. The first-order chi connectivity index (χ1) is 47.4. The van der Waals surface area contributed by atoms with Gasteiger partial charge in [-0.05, 0) is 158 Å². The molecule has 0 aromatic heterocycles. The summed E-state index contributed by atoms with van der Waals surface area (Å²) in [4.78, 5) is 12.1. The SMILES string of the molecule is CCC1CN(CCOc2ccc([C@@H]3c4c(O)cccc4C[C@@H](C)N3CC(F)(F)CO)cc2)C1.CCC1CN(CCOc2ccc([C@H]3c4c(O)cccc4C[C@H](C)N3CC(F)(F)CO)cc2)C1.CCCCN1CC(Nc2ccc(C3c4ccc(CO)cc4C[C@H](C)N3CC(F)(F)F)cc2)C1. The first-order valence-corrected chi connectivity index (χ1v) is 35.5. The number of hydrogen-bond donors (Lipinski definition) is 6. The van der Waals surface area contributed by atoms with Crippen LogP contribution in [0.25, 0.3) is 0 Å². The van der Waals surface area contributed by atoms with Crippen LogP contribution in [0.4, 0.5) is 36.4 Å². The Hall–Kier alpha value is -6.53. The van der Waals surface area contributed by atoms with Gasteiger partial charge >= 0.3 is 6.18 Å². The summed E-state index contributed by atoms with van der Waals surface area (Å²) >= 11 is 0. The van der Waals surface area contributed by atoms with Crippen LogP contribution in [-0.4, -0.2) is 202 Å². The summed E-state index contributed by atoms with van der Waals surface area (Å²) in [6.07, 6.45) is 2.23. The number of phenolic OH excluding ortho intramolecular Hbond substituents is 2. The largest absolute Gasteiger partial charge is 0.508 e. The van der Waals surface area contributed by atoms with Gasteiger partial charge in [-0.3, -0.25) is 29.4 Å². The second kappa shape index (κ2) is 33.5. The Morgan fingerprint density at radius 2 is 0.909 bits per heavy atom. The Bertz CT molecular complexity index is 3360.